The van der Waals surface area contributed by atoms with Gasteiger partial charge in [0.1, 0.15) is 12.0 Å². The molecule has 5 nitrogen and oxygen atoms in total. The molecule has 0 aromatic heterocycles. The molecule has 0 saturated carbocycles. The number of nitrogens with zero attached hydrogens (tertiary/aromatic N) is 1. The van der Waals surface area contributed by atoms with Crippen LogP contribution in [0.5, 0.6) is 5.75 Å². The topological polar surface area (TPSA) is 70.9 Å². The Labute approximate surface area is 114 Å². The Hall–Kier alpha value is -1.67. The molecule has 0 spiro atoms. The number of aliphatic carboxylic acids is 1. The largest absolute Gasteiger partial charge is 0.573 e. The fourth-order valence-electron chi connectivity index (χ4n) is 1.00. The number of anilines is 1. The molecule has 0 aliphatic carbocycles. The maximum Gasteiger partial charge on any atom is 0.573 e. The van der Waals surface area contributed by atoms with Gasteiger partial charge in [-0.1, -0.05) is 23.2 Å². The first-order valence-corrected chi connectivity index (χ1v) is 5.21. The minimum atomic E-state index is -4.87. The Morgan fingerprint density at radius 1 is 1.37 bits per heavy atom. The molecule has 1 rings (SSSR count). The number of halogens is 5. The van der Waals surface area contributed by atoms with E-state index in [0.29, 0.717) is 6.21 Å². The maximum absolute atomic E-state index is 12.0. The van der Waals surface area contributed by atoms with E-state index in [1.54, 1.807) is 0 Å². The van der Waals surface area contributed by atoms with Crippen molar-refractivity contribution >= 4 is 41.1 Å². The van der Waals surface area contributed by atoms with Gasteiger partial charge in [0.2, 0.25) is 0 Å². The van der Waals surface area contributed by atoms with Gasteiger partial charge in [0.15, 0.2) is 0 Å². The highest BCUT2D eigenvalue weighted by atomic mass is 35.5. The Bertz CT molecular complexity index is 497. The van der Waals surface area contributed by atoms with Crippen molar-refractivity contribution in [1.29, 1.82) is 0 Å². The summed E-state index contributed by atoms with van der Waals surface area (Å²) in [5.41, 5.74) is 2.14. The van der Waals surface area contributed by atoms with Crippen molar-refractivity contribution in [2.75, 3.05) is 5.43 Å². The monoisotopic (exact) mass is 316 g/mol. The summed E-state index contributed by atoms with van der Waals surface area (Å²) in [6, 6.07) is 1.72. The lowest BCUT2D eigenvalue weighted by Crippen LogP contribution is -2.17. The molecule has 0 atom stereocenters. The van der Waals surface area contributed by atoms with Gasteiger partial charge in [-0.2, -0.15) is 5.10 Å². The normalized spacial score (nSPS) is 11.6. The fourth-order valence-corrected chi connectivity index (χ4v) is 1.55. The van der Waals surface area contributed by atoms with Crippen molar-refractivity contribution in [2.45, 2.75) is 6.36 Å². The summed E-state index contributed by atoms with van der Waals surface area (Å²) in [6.45, 7) is 0. The Balaban J connectivity index is 2.94. The number of alkyl halides is 3. The van der Waals surface area contributed by atoms with E-state index >= 15 is 0 Å². The molecule has 0 amide bonds. The van der Waals surface area contributed by atoms with Crippen LogP contribution in [0.15, 0.2) is 17.2 Å². The van der Waals surface area contributed by atoms with Gasteiger partial charge in [-0.05, 0) is 0 Å². The van der Waals surface area contributed by atoms with Crippen LogP contribution in [-0.2, 0) is 4.79 Å². The summed E-state index contributed by atoms with van der Waals surface area (Å²) in [6.07, 6.45) is -4.35. The number of rotatable bonds is 4. The Kier molecular flexibility index (Phi) is 4.84. The number of hydrogen-bond acceptors (Lipinski definition) is 4. The number of carboxylic acids is 1. The van der Waals surface area contributed by atoms with Crippen LogP contribution < -0.4 is 10.2 Å². The summed E-state index contributed by atoms with van der Waals surface area (Å²) >= 11 is 11.3. The van der Waals surface area contributed by atoms with Crippen LogP contribution in [0.1, 0.15) is 0 Å². The molecule has 10 heteroatoms. The first-order valence-electron chi connectivity index (χ1n) is 4.46. The van der Waals surface area contributed by atoms with E-state index in [9.17, 15) is 18.0 Å². The summed E-state index contributed by atoms with van der Waals surface area (Å²) in [5, 5.41) is 11.1. The van der Waals surface area contributed by atoms with Crippen LogP contribution in [-0.4, -0.2) is 23.7 Å². The average molecular weight is 317 g/mol. The average Bonchev–Trinajstić information content (AvgIpc) is 2.19. The number of hydrazone groups is 1. The molecule has 0 bridgehead atoms. The number of hydrogen-bond donors (Lipinski definition) is 2. The summed E-state index contributed by atoms with van der Waals surface area (Å²) in [5.74, 6) is -1.92. The van der Waals surface area contributed by atoms with Crippen LogP contribution in [0.2, 0.25) is 10.0 Å². The standard InChI is InChI=1S/C9H5Cl2F3N2O3/c10-5-1-4(19-9(12,13)14)2-6(11)8(5)16-15-3-7(17)18/h1-3,16H,(H,17,18)/b15-3+. The SMILES string of the molecule is O=C(O)/C=N/Nc1c(Cl)cc(OC(F)(F)F)cc1Cl. The number of ether oxygens (including phenoxy) is 1. The number of benzene rings is 1. The van der Waals surface area contributed by atoms with Gasteiger partial charge < -0.3 is 9.84 Å². The molecule has 1 aromatic carbocycles. The van der Waals surface area contributed by atoms with Crippen molar-refractivity contribution in [3.8, 4) is 5.75 Å². The van der Waals surface area contributed by atoms with E-state index in [-0.39, 0.29) is 15.7 Å². The van der Waals surface area contributed by atoms with Crippen molar-refractivity contribution in [1.82, 2.24) is 0 Å². The maximum atomic E-state index is 12.0. The molecule has 2 N–H and O–H groups in total. The van der Waals surface area contributed by atoms with Gasteiger partial charge in [-0.3, -0.25) is 5.43 Å². The summed E-state index contributed by atoms with van der Waals surface area (Å²) in [4.78, 5) is 10.2. The van der Waals surface area contributed by atoms with Crippen LogP contribution in [0.25, 0.3) is 0 Å². The minimum absolute atomic E-state index is 0.0460. The fraction of sp³-hybridized carbons (Fsp3) is 0.111. The van der Waals surface area contributed by atoms with E-state index in [0.717, 1.165) is 12.1 Å². The Morgan fingerprint density at radius 3 is 2.32 bits per heavy atom. The van der Waals surface area contributed by atoms with E-state index in [1.807, 2.05) is 0 Å². The van der Waals surface area contributed by atoms with Gasteiger partial charge in [0, 0.05) is 12.1 Å². The second-order valence-corrected chi connectivity index (χ2v) is 3.83. The van der Waals surface area contributed by atoms with Crippen molar-refractivity contribution < 1.29 is 27.8 Å². The highest BCUT2D eigenvalue weighted by molar-refractivity contribution is 6.39. The molecule has 0 aliphatic rings. The molecule has 0 heterocycles. The van der Waals surface area contributed by atoms with Crippen molar-refractivity contribution in [3.63, 3.8) is 0 Å². The van der Waals surface area contributed by atoms with Crippen LogP contribution in [0.4, 0.5) is 18.9 Å². The molecule has 1 aromatic rings. The molecule has 0 unspecified atom stereocenters. The lowest BCUT2D eigenvalue weighted by Gasteiger charge is -2.12. The number of nitrogens with one attached hydrogen (secondary N) is 1. The third-order valence-electron chi connectivity index (χ3n) is 1.60. The molecule has 0 radical (unpaired) electrons. The van der Waals surface area contributed by atoms with E-state index in [2.05, 4.69) is 15.3 Å². The summed E-state index contributed by atoms with van der Waals surface area (Å²) < 4.78 is 39.6. The second kappa shape index (κ2) is 5.98. The van der Waals surface area contributed by atoms with Gasteiger partial charge in [-0.15, -0.1) is 13.2 Å². The first-order chi connectivity index (χ1) is 8.69. The van der Waals surface area contributed by atoms with Crippen molar-refractivity contribution in [3.05, 3.63) is 22.2 Å². The zero-order chi connectivity index (χ0) is 14.6. The minimum Gasteiger partial charge on any atom is -0.477 e. The zero-order valence-electron chi connectivity index (χ0n) is 8.83. The van der Waals surface area contributed by atoms with Gasteiger partial charge >= 0.3 is 12.3 Å². The summed E-state index contributed by atoms with van der Waals surface area (Å²) in [7, 11) is 0. The third kappa shape index (κ3) is 5.23. The molecule has 0 saturated heterocycles. The lowest BCUT2D eigenvalue weighted by atomic mass is 10.3. The highest BCUT2D eigenvalue weighted by Crippen LogP contribution is 2.36. The van der Waals surface area contributed by atoms with Gasteiger partial charge in [0.05, 0.1) is 15.7 Å². The Morgan fingerprint density at radius 2 is 1.89 bits per heavy atom. The van der Waals surface area contributed by atoms with E-state index in [4.69, 9.17) is 28.3 Å². The van der Waals surface area contributed by atoms with Crippen molar-refractivity contribution in [2.24, 2.45) is 5.10 Å². The van der Waals surface area contributed by atoms with Gasteiger partial charge in [0.25, 0.3) is 0 Å². The molecular weight excluding hydrogens is 312 g/mol. The van der Waals surface area contributed by atoms with Crippen LogP contribution >= 0.6 is 23.2 Å². The highest BCUT2D eigenvalue weighted by Gasteiger charge is 2.31. The van der Waals surface area contributed by atoms with E-state index in [1.165, 1.54) is 0 Å². The van der Waals surface area contributed by atoms with Gasteiger partial charge in [-0.25, -0.2) is 4.79 Å². The molecular formula is C9H5Cl2F3N2O3. The molecule has 0 aliphatic heterocycles. The van der Waals surface area contributed by atoms with E-state index < -0.39 is 18.1 Å². The smallest absolute Gasteiger partial charge is 0.477 e. The predicted octanol–water partition coefficient (Wildman–Crippen LogP) is 3.37. The molecule has 19 heavy (non-hydrogen) atoms. The molecule has 104 valence electrons. The van der Waals surface area contributed by atoms with Crippen LogP contribution in [0.3, 0.4) is 0 Å². The predicted molar refractivity (Wildman–Crippen MR) is 62.9 cm³/mol. The van der Waals surface area contributed by atoms with Crippen LogP contribution in [0, 0.1) is 0 Å². The number of carboxylic acid groups (broad SMARTS) is 1. The number of carbonyl (C=O) groups is 1. The first kappa shape index (κ1) is 15.4. The zero-order valence-corrected chi connectivity index (χ0v) is 10.3. The second-order valence-electron chi connectivity index (χ2n) is 3.02. The quantitative estimate of drug-likeness (QED) is 0.660. The molecule has 0 fully saturated rings. The lowest BCUT2D eigenvalue weighted by molar-refractivity contribution is -0.274. The third-order valence-corrected chi connectivity index (χ3v) is 2.20.